The first-order valence-corrected chi connectivity index (χ1v) is 10.3. The summed E-state index contributed by atoms with van der Waals surface area (Å²) in [5, 5.41) is 9.44. The van der Waals surface area contributed by atoms with Crippen molar-refractivity contribution in [2.45, 2.75) is 45.1 Å². The fourth-order valence-electron chi connectivity index (χ4n) is 3.52. The van der Waals surface area contributed by atoms with Gasteiger partial charge in [-0.1, -0.05) is 38.4 Å². The highest BCUT2D eigenvalue weighted by Crippen LogP contribution is 2.37. The summed E-state index contributed by atoms with van der Waals surface area (Å²) in [5.74, 6) is 1.30. The SMILES string of the molecule is CC(C)(C)c1nc2c(c(N3CCOCC3)n1)N=NC(Cc1ccc(F)cc1Cl)C2. The van der Waals surface area contributed by atoms with Crippen LogP contribution < -0.4 is 4.90 Å². The van der Waals surface area contributed by atoms with Gasteiger partial charge in [-0.2, -0.15) is 5.11 Å². The van der Waals surface area contributed by atoms with E-state index in [1.807, 2.05) is 0 Å². The Morgan fingerprint density at radius 2 is 1.97 bits per heavy atom. The Balaban J connectivity index is 1.66. The zero-order valence-corrected chi connectivity index (χ0v) is 17.7. The lowest BCUT2D eigenvalue weighted by Crippen LogP contribution is -2.37. The van der Waals surface area contributed by atoms with Crippen LogP contribution >= 0.6 is 11.6 Å². The summed E-state index contributed by atoms with van der Waals surface area (Å²) in [5.41, 5.74) is 2.34. The van der Waals surface area contributed by atoms with E-state index in [1.165, 1.54) is 12.1 Å². The predicted octanol–water partition coefficient (Wildman–Crippen LogP) is 4.65. The normalized spacial score (nSPS) is 19.3. The molecule has 1 unspecified atom stereocenters. The standard InChI is InChI=1S/C21H25ClFN5O/c1-21(2,3)20-24-17-12-15(10-13-4-5-14(23)11-16(13)22)26-27-18(17)19(25-20)28-6-8-29-9-7-28/h4-5,11,15H,6-10,12H2,1-3H3. The van der Waals surface area contributed by atoms with E-state index in [0.717, 1.165) is 41.7 Å². The summed E-state index contributed by atoms with van der Waals surface area (Å²) >= 11 is 6.20. The summed E-state index contributed by atoms with van der Waals surface area (Å²) in [6, 6.07) is 4.38. The molecule has 3 heterocycles. The van der Waals surface area contributed by atoms with Gasteiger partial charge in [0, 0.05) is 29.9 Å². The van der Waals surface area contributed by atoms with E-state index in [-0.39, 0.29) is 17.3 Å². The van der Waals surface area contributed by atoms with Crippen LogP contribution in [0, 0.1) is 5.82 Å². The molecule has 1 fully saturated rings. The highest BCUT2D eigenvalue weighted by Gasteiger charge is 2.29. The third kappa shape index (κ3) is 4.41. The molecule has 1 saturated heterocycles. The minimum atomic E-state index is -0.341. The molecule has 8 heteroatoms. The van der Waals surface area contributed by atoms with Crippen molar-refractivity contribution in [1.29, 1.82) is 0 Å². The van der Waals surface area contributed by atoms with Crippen molar-refractivity contribution in [3.63, 3.8) is 0 Å². The Morgan fingerprint density at radius 3 is 2.66 bits per heavy atom. The lowest BCUT2D eigenvalue weighted by Gasteiger charge is -2.31. The van der Waals surface area contributed by atoms with Gasteiger partial charge in [0.2, 0.25) is 0 Å². The number of hydrogen-bond donors (Lipinski definition) is 0. The Hall–Kier alpha value is -2.12. The summed E-state index contributed by atoms with van der Waals surface area (Å²) < 4.78 is 18.8. The van der Waals surface area contributed by atoms with Crippen molar-refractivity contribution in [2.75, 3.05) is 31.2 Å². The summed E-state index contributed by atoms with van der Waals surface area (Å²) in [4.78, 5) is 11.9. The van der Waals surface area contributed by atoms with Crippen molar-refractivity contribution < 1.29 is 9.13 Å². The van der Waals surface area contributed by atoms with Gasteiger partial charge in [0.15, 0.2) is 5.82 Å². The van der Waals surface area contributed by atoms with Gasteiger partial charge in [0.05, 0.1) is 24.9 Å². The number of hydrogen-bond acceptors (Lipinski definition) is 6. The Kier molecular flexibility index (Phi) is 5.53. The molecule has 2 aromatic rings. The molecule has 1 aromatic heterocycles. The number of benzene rings is 1. The number of rotatable bonds is 3. The molecule has 2 aliphatic heterocycles. The van der Waals surface area contributed by atoms with Crippen LogP contribution in [0.4, 0.5) is 15.9 Å². The maximum atomic E-state index is 13.3. The van der Waals surface area contributed by atoms with Crippen molar-refractivity contribution in [3.05, 3.63) is 46.1 Å². The zero-order chi connectivity index (χ0) is 20.6. The van der Waals surface area contributed by atoms with Crippen LogP contribution in [-0.4, -0.2) is 42.3 Å². The molecule has 154 valence electrons. The maximum Gasteiger partial charge on any atom is 0.160 e. The average molecular weight is 418 g/mol. The average Bonchev–Trinajstić information content (AvgIpc) is 2.69. The molecule has 0 radical (unpaired) electrons. The largest absolute Gasteiger partial charge is 0.378 e. The number of ether oxygens (including phenoxy) is 1. The molecule has 0 amide bonds. The molecule has 0 bridgehead atoms. The molecule has 0 spiro atoms. The van der Waals surface area contributed by atoms with E-state index in [2.05, 4.69) is 35.9 Å². The summed E-state index contributed by atoms with van der Waals surface area (Å²) in [7, 11) is 0. The van der Waals surface area contributed by atoms with Crippen LogP contribution in [0.15, 0.2) is 28.4 Å². The Morgan fingerprint density at radius 1 is 1.21 bits per heavy atom. The number of fused-ring (bicyclic) bond motifs is 1. The van der Waals surface area contributed by atoms with Crippen LogP contribution in [0.5, 0.6) is 0 Å². The molecule has 29 heavy (non-hydrogen) atoms. The number of halogens is 2. The summed E-state index contributed by atoms with van der Waals surface area (Å²) in [6.45, 7) is 9.22. The lowest BCUT2D eigenvalue weighted by atomic mass is 9.94. The third-order valence-corrected chi connectivity index (χ3v) is 5.49. The van der Waals surface area contributed by atoms with Crippen LogP contribution in [0.3, 0.4) is 0 Å². The minimum Gasteiger partial charge on any atom is -0.378 e. The molecule has 6 nitrogen and oxygen atoms in total. The smallest absolute Gasteiger partial charge is 0.160 e. The fraction of sp³-hybridized carbons (Fsp3) is 0.524. The second-order valence-corrected chi connectivity index (χ2v) is 8.94. The first-order chi connectivity index (χ1) is 13.8. The van der Waals surface area contributed by atoms with Crippen molar-refractivity contribution >= 4 is 23.1 Å². The molecular formula is C21H25ClFN5O. The van der Waals surface area contributed by atoms with Gasteiger partial charge in [-0.05, 0) is 24.1 Å². The van der Waals surface area contributed by atoms with E-state index in [4.69, 9.17) is 26.3 Å². The van der Waals surface area contributed by atoms with Crippen LogP contribution in [-0.2, 0) is 23.0 Å². The number of anilines is 1. The zero-order valence-electron chi connectivity index (χ0n) is 17.0. The molecule has 1 aromatic carbocycles. The van der Waals surface area contributed by atoms with E-state index in [9.17, 15) is 4.39 Å². The van der Waals surface area contributed by atoms with Crippen molar-refractivity contribution in [1.82, 2.24) is 9.97 Å². The lowest BCUT2D eigenvalue weighted by molar-refractivity contribution is 0.122. The topological polar surface area (TPSA) is 63.0 Å². The highest BCUT2D eigenvalue weighted by molar-refractivity contribution is 6.31. The molecule has 0 saturated carbocycles. The van der Waals surface area contributed by atoms with Crippen LogP contribution in [0.2, 0.25) is 5.02 Å². The first kappa shape index (κ1) is 20.2. The van der Waals surface area contributed by atoms with Crippen molar-refractivity contribution in [3.8, 4) is 0 Å². The van der Waals surface area contributed by atoms with Gasteiger partial charge in [-0.15, -0.1) is 5.11 Å². The first-order valence-electron chi connectivity index (χ1n) is 9.90. The number of morpholine rings is 1. The highest BCUT2D eigenvalue weighted by atomic mass is 35.5. The van der Waals surface area contributed by atoms with E-state index in [1.54, 1.807) is 6.07 Å². The minimum absolute atomic E-state index is 0.0919. The van der Waals surface area contributed by atoms with Gasteiger partial charge in [-0.25, -0.2) is 14.4 Å². The maximum absolute atomic E-state index is 13.3. The van der Waals surface area contributed by atoms with Gasteiger partial charge < -0.3 is 9.64 Å². The number of nitrogens with zero attached hydrogens (tertiary/aromatic N) is 5. The molecule has 0 N–H and O–H groups in total. The molecular weight excluding hydrogens is 393 g/mol. The van der Waals surface area contributed by atoms with E-state index >= 15 is 0 Å². The van der Waals surface area contributed by atoms with Crippen molar-refractivity contribution in [2.24, 2.45) is 10.2 Å². The van der Waals surface area contributed by atoms with Gasteiger partial charge in [0.25, 0.3) is 0 Å². The van der Waals surface area contributed by atoms with E-state index < -0.39 is 0 Å². The van der Waals surface area contributed by atoms with Gasteiger partial charge >= 0.3 is 0 Å². The second-order valence-electron chi connectivity index (χ2n) is 8.53. The van der Waals surface area contributed by atoms with Crippen LogP contribution in [0.1, 0.15) is 37.9 Å². The monoisotopic (exact) mass is 417 g/mol. The van der Waals surface area contributed by atoms with E-state index in [0.29, 0.717) is 31.1 Å². The predicted molar refractivity (Wildman–Crippen MR) is 111 cm³/mol. The Bertz CT molecular complexity index is 937. The third-order valence-electron chi connectivity index (χ3n) is 5.14. The van der Waals surface area contributed by atoms with Crippen LogP contribution in [0.25, 0.3) is 0 Å². The fourth-order valence-corrected chi connectivity index (χ4v) is 3.77. The second kappa shape index (κ2) is 7.95. The molecule has 4 rings (SSSR count). The molecule has 0 aliphatic carbocycles. The number of aromatic nitrogens is 2. The number of azo groups is 1. The van der Waals surface area contributed by atoms with Gasteiger partial charge in [0.1, 0.15) is 17.3 Å². The molecule has 1 atom stereocenters. The Labute approximate surface area is 175 Å². The summed E-state index contributed by atoms with van der Waals surface area (Å²) in [6.07, 6.45) is 1.24. The van der Waals surface area contributed by atoms with Gasteiger partial charge in [-0.3, -0.25) is 0 Å². The molecule has 2 aliphatic rings. The quantitative estimate of drug-likeness (QED) is 0.728.